The maximum absolute atomic E-state index is 17.1. The number of carbonyl (C=O) groups excluding carboxylic acids is 1. The van der Waals surface area contributed by atoms with Crippen LogP contribution in [0.5, 0.6) is 6.01 Å². The lowest BCUT2D eigenvalue weighted by Gasteiger charge is -2.31. The van der Waals surface area contributed by atoms with E-state index in [1.807, 2.05) is 17.9 Å². The van der Waals surface area contributed by atoms with E-state index in [-0.39, 0.29) is 66.8 Å². The first-order valence-electron chi connectivity index (χ1n) is 17.0. The van der Waals surface area contributed by atoms with Crippen LogP contribution in [0.2, 0.25) is 5.02 Å². The van der Waals surface area contributed by atoms with Crippen molar-refractivity contribution in [2.45, 2.75) is 57.2 Å². The van der Waals surface area contributed by atoms with Crippen LogP contribution in [0, 0.1) is 35.8 Å². The molecule has 6 heterocycles. The highest BCUT2D eigenvalue weighted by molar-refractivity contribution is 7.23. The van der Waals surface area contributed by atoms with Crippen LogP contribution in [0.15, 0.2) is 30.5 Å². The van der Waals surface area contributed by atoms with Crippen molar-refractivity contribution < 1.29 is 22.7 Å². The van der Waals surface area contributed by atoms with Crippen LogP contribution in [0.3, 0.4) is 0 Å². The molecule has 15 heteroatoms. The minimum absolute atomic E-state index is 0.0115. The third kappa shape index (κ3) is 5.75. The Morgan fingerprint density at radius 1 is 1.20 bits per heavy atom. The van der Waals surface area contributed by atoms with Crippen molar-refractivity contribution in [3.05, 3.63) is 58.4 Å². The van der Waals surface area contributed by atoms with E-state index in [2.05, 4.69) is 15.0 Å². The highest BCUT2D eigenvalue weighted by atomic mass is 35.5. The first-order valence-corrected chi connectivity index (χ1v) is 18.2. The van der Waals surface area contributed by atoms with Gasteiger partial charge in [-0.25, -0.2) is 17.9 Å². The zero-order valence-electron chi connectivity index (χ0n) is 27.8. The summed E-state index contributed by atoms with van der Waals surface area (Å²) in [4.78, 5) is 26.8. The highest BCUT2D eigenvalue weighted by Crippen LogP contribution is 2.46. The zero-order valence-corrected chi connectivity index (χ0v) is 29.3. The Bertz CT molecular complexity index is 2260. The molecule has 5 aromatic rings. The van der Waals surface area contributed by atoms with Gasteiger partial charge in [-0.2, -0.15) is 20.3 Å². The number of aryl methyl sites for hydroxylation is 1. The largest absolute Gasteiger partial charge is 0.461 e. The summed E-state index contributed by atoms with van der Waals surface area (Å²) in [5.41, 5.74) is 6.44. The maximum Gasteiger partial charge on any atom is 0.319 e. The van der Waals surface area contributed by atoms with Gasteiger partial charge in [-0.15, -0.1) is 11.3 Å². The predicted octanol–water partition coefficient (Wildman–Crippen LogP) is 7.30. The number of nitrogens with zero attached hydrogens (tertiary/aromatic N) is 7. The smallest absolute Gasteiger partial charge is 0.319 e. The number of alkyl halides is 1. The van der Waals surface area contributed by atoms with Crippen molar-refractivity contribution in [2.24, 2.45) is 5.92 Å². The number of hydrogen-bond donors (Lipinski definition) is 1. The third-order valence-electron chi connectivity index (χ3n) is 10.6. The number of hydrogen-bond acceptors (Lipinski definition) is 10. The topological polar surface area (TPSA) is 126 Å². The number of rotatable bonds is 6. The average Bonchev–Trinajstić information content (AvgIpc) is 3.82. The Hall–Kier alpha value is -4.45. The number of halogens is 4. The van der Waals surface area contributed by atoms with Gasteiger partial charge in [-0.3, -0.25) is 9.69 Å². The minimum Gasteiger partial charge on any atom is -0.461 e. The van der Waals surface area contributed by atoms with Crippen molar-refractivity contribution in [3.63, 3.8) is 0 Å². The molecule has 8 rings (SSSR count). The second kappa shape index (κ2) is 13.0. The van der Waals surface area contributed by atoms with Crippen LogP contribution in [0.4, 0.5) is 24.0 Å². The number of benzene rings is 2. The third-order valence-corrected chi connectivity index (χ3v) is 11.9. The SMILES string of the molecule is Cc1ccn(C(=O)[C@H]2CCCN(c3nc(OC[C@@]45CCCN4C[C@H](F)C5)nc4c(F)c(-c5ccc(F)c6sc(N)c(C#N)c56)c(Cl)cc34)CC2)n1. The fraction of sp³-hybridized carbons (Fsp3) is 0.417. The van der Waals surface area contributed by atoms with Crippen LogP contribution in [-0.4, -0.2) is 75.1 Å². The minimum atomic E-state index is -0.959. The standard InChI is InChI=1S/C36H34ClF3N8O2S/c1-19-7-13-48(45-19)34(49)20-4-2-10-46(12-8-20)33-23-14-25(37)28(22-5-6-26(39)31-27(22)24(16-41)32(42)51-31)29(40)30(23)43-35(44-33)50-18-36-9-3-11-47(36)17-21(38)15-36/h5-7,13-14,20-21H,2-4,8-12,15,17-18,42H2,1H3/t20-,21+,36-/m0/s1. The number of thiophene rings is 1. The van der Waals surface area contributed by atoms with Crippen LogP contribution in [-0.2, 0) is 0 Å². The molecule has 3 saturated heterocycles. The van der Waals surface area contributed by atoms with Crippen LogP contribution >= 0.6 is 22.9 Å². The molecular weight excluding hydrogens is 701 g/mol. The second-order valence-corrected chi connectivity index (χ2v) is 15.2. The van der Waals surface area contributed by atoms with E-state index in [9.17, 15) is 18.8 Å². The van der Waals surface area contributed by atoms with E-state index < -0.39 is 23.3 Å². The Labute approximate surface area is 300 Å². The molecule has 0 amide bonds. The summed E-state index contributed by atoms with van der Waals surface area (Å²) >= 11 is 7.79. The summed E-state index contributed by atoms with van der Waals surface area (Å²) in [5, 5.41) is 14.8. The fourth-order valence-electron chi connectivity index (χ4n) is 8.15. The normalized spacial score (nSPS) is 22.4. The Balaban J connectivity index is 1.23. The number of nitriles is 1. The molecule has 3 fully saturated rings. The van der Waals surface area contributed by atoms with Gasteiger partial charge in [-0.05, 0) is 69.3 Å². The molecule has 3 atom stereocenters. The summed E-state index contributed by atoms with van der Waals surface area (Å²) in [7, 11) is 0. The Kier molecular flexibility index (Phi) is 8.55. The van der Waals surface area contributed by atoms with E-state index in [0.717, 1.165) is 36.4 Å². The van der Waals surface area contributed by atoms with E-state index in [0.29, 0.717) is 56.5 Å². The van der Waals surface area contributed by atoms with Gasteiger partial charge in [0.1, 0.15) is 41.0 Å². The molecule has 3 aliphatic rings. The second-order valence-electron chi connectivity index (χ2n) is 13.7. The number of fused-ring (bicyclic) bond motifs is 3. The number of ether oxygens (including phenoxy) is 1. The van der Waals surface area contributed by atoms with Crippen LogP contribution in [0.1, 0.15) is 54.6 Å². The summed E-state index contributed by atoms with van der Waals surface area (Å²) < 4.78 is 54.4. The van der Waals surface area contributed by atoms with Gasteiger partial charge in [-0.1, -0.05) is 17.7 Å². The van der Waals surface area contributed by atoms with E-state index in [1.165, 1.54) is 16.8 Å². The predicted molar refractivity (Wildman–Crippen MR) is 190 cm³/mol. The Morgan fingerprint density at radius 2 is 2.04 bits per heavy atom. The van der Waals surface area contributed by atoms with E-state index >= 15 is 4.39 Å². The molecular formula is C36H34ClF3N8O2S. The van der Waals surface area contributed by atoms with Gasteiger partial charge in [0.2, 0.25) is 5.91 Å². The molecule has 3 aromatic heterocycles. The van der Waals surface area contributed by atoms with Gasteiger partial charge in [0.15, 0.2) is 5.82 Å². The summed E-state index contributed by atoms with van der Waals surface area (Å²) in [6.07, 6.45) is 4.54. The summed E-state index contributed by atoms with van der Waals surface area (Å²) in [6.45, 7) is 4.05. The molecule has 2 N–H and O–H groups in total. The molecule has 0 bridgehead atoms. The monoisotopic (exact) mass is 734 g/mol. The quantitative estimate of drug-likeness (QED) is 0.191. The molecule has 2 aromatic carbocycles. The highest BCUT2D eigenvalue weighted by Gasteiger charge is 2.49. The first kappa shape index (κ1) is 33.7. The molecule has 10 nitrogen and oxygen atoms in total. The number of carbonyl (C=O) groups is 1. The number of anilines is 2. The van der Waals surface area contributed by atoms with E-state index in [1.54, 1.807) is 18.3 Å². The van der Waals surface area contributed by atoms with Gasteiger partial charge < -0.3 is 15.4 Å². The van der Waals surface area contributed by atoms with Gasteiger partial charge in [0, 0.05) is 54.5 Å². The Morgan fingerprint density at radius 3 is 2.82 bits per heavy atom. The molecule has 0 saturated carbocycles. The van der Waals surface area contributed by atoms with Crippen molar-refractivity contribution in [1.82, 2.24) is 24.6 Å². The van der Waals surface area contributed by atoms with Crippen molar-refractivity contribution in [2.75, 3.05) is 43.4 Å². The summed E-state index contributed by atoms with van der Waals surface area (Å²) in [6, 6.07) is 7.90. The zero-order chi connectivity index (χ0) is 35.6. The lowest BCUT2D eigenvalue weighted by molar-refractivity contribution is 0.0806. The first-order chi connectivity index (χ1) is 24.6. The van der Waals surface area contributed by atoms with Gasteiger partial charge in [0.25, 0.3) is 0 Å². The molecule has 51 heavy (non-hydrogen) atoms. The van der Waals surface area contributed by atoms with Crippen LogP contribution < -0.4 is 15.4 Å². The number of aromatic nitrogens is 4. The van der Waals surface area contributed by atoms with Crippen molar-refractivity contribution >= 4 is 60.7 Å². The number of nitrogen functional groups attached to an aromatic ring is 1. The van der Waals surface area contributed by atoms with Gasteiger partial charge in [0.05, 0.1) is 26.5 Å². The molecule has 0 spiro atoms. The van der Waals surface area contributed by atoms with Crippen molar-refractivity contribution in [3.8, 4) is 23.2 Å². The maximum atomic E-state index is 17.1. The summed E-state index contributed by atoms with van der Waals surface area (Å²) in [5.74, 6) is -1.35. The molecule has 0 aliphatic carbocycles. The van der Waals surface area contributed by atoms with E-state index in [4.69, 9.17) is 27.1 Å². The average molecular weight is 735 g/mol. The molecule has 264 valence electrons. The van der Waals surface area contributed by atoms with Crippen LogP contribution in [0.25, 0.3) is 32.1 Å². The fourth-order valence-corrected chi connectivity index (χ4v) is 9.39. The lowest BCUT2D eigenvalue weighted by Crippen LogP contribution is -2.43. The van der Waals surface area contributed by atoms with Crippen molar-refractivity contribution in [1.29, 1.82) is 5.26 Å². The molecule has 3 aliphatic heterocycles. The lowest BCUT2D eigenvalue weighted by atomic mass is 9.95. The molecule has 0 radical (unpaired) electrons. The van der Waals surface area contributed by atoms with Gasteiger partial charge >= 0.3 is 6.01 Å². The molecule has 0 unspecified atom stereocenters. The number of nitrogens with two attached hydrogens (primary N) is 1.